The van der Waals surface area contributed by atoms with Crippen molar-refractivity contribution in [2.75, 3.05) is 6.79 Å². The molecule has 1 aliphatic heterocycles. The summed E-state index contributed by atoms with van der Waals surface area (Å²) in [5.41, 5.74) is 1.45. The van der Waals surface area contributed by atoms with Gasteiger partial charge in [0.05, 0.1) is 16.7 Å². The quantitative estimate of drug-likeness (QED) is 0.300. The Bertz CT molecular complexity index is 1330. The van der Waals surface area contributed by atoms with Crippen LogP contribution in [0.4, 0.5) is 0 Å². The van der Waals surface area contributed by atoms with Gasteiger partial charge in [0, 0.05) is 12.1 Å². The molecule has 0 bridgehead atoms. The van der Waals surface area contributed by atoms with Crippen LogP contribution in [-0.4, -0.2) is 26.5 Å². The minimum absolute atomic E-state index is 0.0228. The summed E-state index contributed by atoms with van der Waals surface area (Å²) < 4.78 is 18.0. The van der Waals surface area contributed by atoms with E-state index in [9.17, 15) is 4.79 Å². The van der Waals surface area contributed by atoms with E-state index >= 15 is 0 Å². The molecule has 5 rings (SSSR count). The third kappa shape index (κ3) is 4.08. The van der Waals surface area contributed by atoms with Gasteiger partial charge in [-0.25, -0.2) is 4.98 Å². The Morgan fingerprint density at radius 3 is 2.81 bits per heavy atom. The zero-order chi connectivity index (χ0) is 22.1. The van der Waals surface area contributed by atoms with Gasteiger partial charge in [-0.2, -0.15) is 4.98 Å². The summed E-state index contributed by atoms with van der Waals surface area (Å²) in [7, 11) is 0. The summed E-state index contributed by atoms with van der Waals surface area (Å²) in [4.78, 5) is 22.3. The van der Waals surface area contributed by atoms with Gasteiger partial charge in [-0.15, -0.1) is 0 Å². The fourth-order valence-electron chi connectivity index (χ4n) is 3.43. The average molecular weight is 451 g/mol. The molecule has 0 saturated carbocycles. The van der Waals surface area contributed by atoms with Crippen LogP contribution in [0, 0.1) is 5.92 Å². The number of rotatable bonds is 7. The van der Waals surface area contributed by atoms with Crippen molar-refractivity contribution in [2.45, 2.75) is 37.7 Å². The number of thioether (sulfide) groups is 1. The number of aromatic nitrogens is 4. The lowest BCUT2D eigenvalue weighted by Crippen LogP contribution is -2.24. The molecule has 0 radical (unpaired) electrons. The van der Waals surface area contributed by atoms with Crippen LogP contribution >= 0.6 is 11.8 Å². The Labute approximate surface area is 188 Å². The summed E-state index contributed by atoms with van der Waals surface area (Å²) >= 11 is 1.42. The van der Waals surface area contributed by atoms with Crippen LogP contribution in [0.15, 0.2) is 56.9 Å². The first-order valence-corrected chi connectivity index (χ1v) is 11.4. The van der Waals surface area contributed by atoms with Crippen molar-refractivity contribution in [1.29, 1.82) is 0 Å². The first-order valence-electron chi connectivity index (χ1n) is 10.4. The maximum Gasteiger partial charge on any atom is 0.262 e. The van der Waals surface area contributed by atoms with E-state index in [0.29, 0.717) is 57.5 Å². The van der Waals surface area contributed by atoms with Crippen molar-refractivity contribution in [3.8, 4) is 22.9 Å². The van der Waals surface area contributed by atoms with Crippen LogP contribution in [0.1, 0.15) is 26.2 Å². The second-order valence-corrected chi connectivity index (χ2v) is 8.86. The topological polar surface area (TPSA) is 92.3 Å². The molecule has 0 spiro atoms. The van der Waals surface area contributed by atoms with Crippen molar-refractivity contribution in [3.63, 3.8) is 0 Å². The second-order valence-electron chi connectivity index (χ2n) is 7.92. The van der Waals surface area contributed by atoms with Crippen molar-refractivity contribution >= 4 is 22.7 Å². The Kier molecular flexibility index (Phi) is 5.57. The second kappa shape index (κ2) is 8.66. The number of benzene rings is 2. The summed E-state index contributed by atoms with van der Waals surface area (Å²) in [5.74, 6) is 3.19. The molecular formula is C23H22N4O4S. The minimum Gasteiger partial charge on any atom is -0.454 e. The standard InChI is InChI=1S/C23H22N4O4S/c1-14(2)9-10-27-22(28)16-5-3-4-6-17(16)24-23(27)32-12-20-25-21(26-31-20)15-7-8-18-19(11-15)30-13-29-18/h3-8,11,14H,9-10,12-13H2,1-2H3. The number of para-hydroxylation sites is 1. The Hall–Kier alpha value is -3.33. The number of ether oxygens (including phenoxy) is 2. The van der Waals surface area contributed by atoms with Gasteiger partial charge in [0.15, 0.2) is 16.7 Å². The fraction of sp³-hybridized carbons (Fsp3) is 0.304. The van der Waals surface area contributed by atoms with Gasteiger partial charge in [-0.1, -0.05) is 42.9 Å². The molecule has 0 N–H and O–H groups in total. The molecule has 0 unspecified atom stereocenters. The summed E-state index contributed by atoms with van der Waals surface area (Å²) in [6.07, 6.45) is 0.891. The Morgan fingerprint density at radius 2 is 1.94 bits per heavy atom. The molecule has 8 nitrogen and oxygen atoms in total. The van der Waals surface area contributed by atoms with Crippen LogP contribution in [0.25, 0.3) is 22.3 Å². The van der Waals surface area contributed by atoms with Crippen LogP contribution < -0.4 is 15.0 Å². The highest BCUT2D eigenvalue weighted by Crippen LogP contribution is 2.35. The normalized spacial score (nSPS) is 12.7. The molecule has 0 fully saturated rings. The molecule has 9 heteroatoms. The molecule has 2 aromatic heterocycles. The lowest BCUT2D eigenvalue weighted by Gasteiger charge is -2.13. The van der Waals surface area contributed by atoms with Crippen molar-refractivity contribution < 1.29 is 14.0 Å². The van der Waals surface area contributed by atoms with Gasteiger partial charge in [0.2, 0.25) is 18.5 Å². The van der Waals surface area contributed by atoms with Crippen LogP contribution in [0.3, 0.4) is 0 Å². The highest BCUT2D eigenvalue weighted by atomic mass is 32.2. The van der Waals surface area contributed by atoms with E-state index in [-0.39, 0.29) is 12.4 Å². The third-order valence-electron chi connectivity index (χ3n) is 5.18. The molecule has 3 heterocycles. The zero-order valence-electron chi connectivity index (χ0n) is 17.8. The number of hydrogen-bond acceptors (Lipinski definition) is 8. The lowest BCUT2D eigenvalue weighted by molar-refractivity contribution is 0.174. The summed E-state index contributed by atoms with van der Waals surface area (Å²) in [6.45, 7) is 5.11. The van der Waals surface area contributed by atoms with E-state index in [1.54, 1.807) is 4.57 Å². The monoisotopic (exact) mass is 450 g/mol. The van der Waals surface area contributed by atoms with Gasteiger partial charge in [0.1, 0.15) is 0 Å². The molecule has 32 heavy (non-hydrogen) atoms. The van der Waals surface area contributed by atoms with E-state index in [1.807, 2.05) is 42.5 Å². The molecule has 2 aromatic carbocycles. The van der Waals surface area contributed by atoms with Gasteiger partial charge in [-0.05, 0) is 42.7 Å². The predicted octanol–water partition coefficient (Wildman–Crippen LogP) is 4.51. The zero-order valence-corrected chi connectivity index (χ0v) is 18.6. The van der Waals surface area contributed by atoms with Crippen LogP contribution in [-0.2, 0) is 12.3 Å². The van der Waals surface area contributed by atoms with E-state index in [2.05, 4.69) is 24.0 Å². The van der Waals surface area contributed by atoms with Crippen molar-refractivity contribution in [2.24, 2.45) is 5.92 Å². The largest absolute Gasteiger partial charge is 0.454 e. The van der Waals surface area contributed by atoms with E-state index in [1.165, 1.54) is 11.8 Å². The first kappa shape index (κ1) is 20.6. The summed E-state index contributed by atoms with van der Waals surface area (Å²) in [5, 5.41) is 5.37. The maximum absolute atomic E-state index is 13.1. The molecule has 0 amide bonds. The number of nitrogens with zero attached hydrogens (tertiary/aromatic N) is 4. The van der Waals surface area contributed by atoms with Gasteiger partial charge < -0.3 is 14.0 Å². The van der Waals surface area contributed by atoms with E-state index in [0.717, 1.165) is 12.0 Å². The number of fused-ring (bicyclic) bond motifs is 2. The van der Waals surface area contributed by atoms with Gasteiger partial charge in [-0.3, -0.25) is 9.36 Å². The van der Waals surface area contributed by atoms with Crippen LogP contribution in [0.5, 0.6) is 11.5 Å². The average Bonchev–Trinajstić information content (AvgIpc) is 3.46. The van der Waals surface area contributed by atoms with Gasteiger partial charge in [0.25, 0.3) is 5.56 Å². The molecule has 0 saturated heterocycles. The molecule has 4 aromatic rings. The highest BCUT2D eigenvalue weighted by molar-refractivity contribution is 7.98. The first-order chi connectivity index (χ1) is 15.6. The van der Waals surface area contributed by atoms with Crippen LogP contribution in [0.2, 0.25) is 0 Å². The highest BCUT2D eigenvalue weighted by Gasteiger charge is 2.18. The van der Waals surface area contributed by atoms with Crippen molar-refractivity contribution in [1.82, 2.24) is 19.7 Å². The van der Waals surface area contributed by atoms with Crippen molar-refractivity contribution in [3.05, 3.63) is 58.7 Å². The third-order valence-corrected chi connectivity index (χ3v) is 6.14. The maximum atomic E-state index is 13.1. The Balaban J connectivity index is 1.39. The Morgan fingerprint density at radius 1 is 1.09 bits per heavy atom. The summed E-state index contributed by atoms with van der Waals surface area (Å²) in [6, 6.07) is 13.0. The smallest absolute Gasteiger partial charge is 0.262 e. The molecular weight excluding hydrogens is 428 g/mol. The van der Waals surface area contributed by atoms with Gasteiger partial charge >= 0.3 is 0 Å². The lowest BCUT2D eigenvalue weighted by atomic mass is 10.1. The fourth-order valence-corrected chi connectivity index (χ4v) is 4.30. The predicted molar refractivity (Wildman–Crippen MR) is 121 cm³/mol. The molecule has 0 aliphatic carbocycles. The molecule has 0 atom stereocenters. The molecule has 164 valence electrons. The number of hydrogen-bond donors (Lipinski definition) is 0. The molecule has 1 aliphatic rings. The van der Waals surface area contributed by atoms with E-state index < -0.39 is 0 Å². The minimum atomic E-state index is -0.0228. The SMILES string of the molecule is CC(C)CCn1c(SCc2nc(-c3ccc4c(c3)OCO4)no2)nc2ccccc2c1=O. The van der Waals surface area contributed by atoms with E-state index in [4.69, 9.17) is 19.0 Å².